The minimum Gasteiger partial charge on any atom is -0.466 e. The van der Waals surface area contributed by atoms with Gasteiger partial charge in [-0.25, -0.2) is 4.98 Å². The van der Waals surface area contributed by atoms with Crippen LogP contribution >= 0.6 is 24.0 Å². The maximum Gasteiger partial charge on any atom is 0.166 e. The van der Waals surface area contributed by atoms with E-state index in [1.54, 1.807) is 0 Å². The third kappa shape index (κ3) is 7.12. The highest BCUT2D eigenvalue weighted by Gasteiger charge is 2.06. The molecule has 0 saturated heterocycles. The summed E-state index contributed by atoms with van der Waals surface area (Å²) in [7, 11) is 0. The van der Waals surface area contributed by atoms with Gasteiger partial charge in [-0.2, -0.15) is 11.8 Å². The van der Waals surface area contributed by atoms with Crippen LogP contribution in [0.5, 0.6) is 0 Å². The van der Waals surface area contributed by atoms with Crippen LogP contribution in [0.1, 0.15) is 43.5 Å². The van der Waals surface area contributed by atoms with Crippen LogP contribution < -0.4 is 10.6 Å². The number of thiocarbonyl (C=S) groups is 1. The molecule has 5 nitrogen and oxygen atoms in total. The zero-order valence-corrected chi connectivity index (χ0v) is 16.9. The Morgan fingerprint density at radius 3 is 2.84 bits per heavy atom. The first-order valence-electron chi connectivity index (χ1n) is 8.72. The summed E-state index contributed by atoms with van der Waals surface area (Å²) in [6.07, 6.45) is 4.94. The summed E-state index contributed by atoms with van der Waals surface area (Å²) in [4.78, 5) is 4.41. The summed E-state index contributed by atoms with van der Waals surface area (Å²) >= 11 is 7.15. The molecule has 0 amide bonds. The molecule has 0 spiro atoms. The zero-order chi connectivity index (χ0) is 18.1. The van der Waals surface area contributed by atoms with Crippen molar-refractivity contribution in [3.8, 4) is 0 Å². The normalized spacial score (nSPS) is 11.0. The van der Waals surface area contributed by atoms with Crippen LogP contribution in [0.25, 0.3) is 0 Å². The summed E-state index contributed by atoms with van der Waals surface area (Å²) in [5.74, 6) is 5.49. The number of rotatable bonds is 10. The highest BCUT2D eigenvalue weighted by atomic mass is 32.2. The number of nitrogens with zero attached hydrogens (tertiary/aromatic N) is 2. The minimum atomic E-state index is 0.452. The SMILES string of the molecule is Cc1ccc(CSCCNC(=S)NCCCn2ccnc2C(C)C)o1. The second kappa shape index (κ2) is 10.5. The molecule has 0 atom stereocenters. The Bertz CT molecular complexity index is 651. The van der Waals surface area contributed by atoms with Gasteiger partial charge in [0.05, 0.1) is 5.75 Å². The van der Waals surface area contributed by atoms with E-state index in [-0.39, 0.29) is 0 Å². The van der Waals surface area contributed by atoms with Crippen molar-refractivity contribution in [1.29, 1.82) is 0 Å². The van der Waals surface area contributed by atoms with Crippen LogP contribution in [0.2, 0.25) is 0 Å². The van der Waals surface area contributed by atoms with Crippen molar-refractivity contribution in [2.45, 2.75) is 45.4 Å². The van der Waals surface area contributed by atoms with Gasteiger partial charge in [-0.05, 0) is 37.7 Å². The molecule has 2 aromatic heterocycles. The first-order chi connectivity index (χ1) is 12.1. The molecular formula is C18H28N4OS2. The summed E-state index contributed by atoms with van der Waals surface area (Å²) in [5, 5.41) is 7.24. The number of aryl methyl sites for hydroxylation is 2. The quantitative estimate of drug-likeness (QED) is 0.484. The Balaban J connectivity index is 1.50. The fraction of sp³-hybridized carbons (Fsp3) is 0.556. The predicted molar refractivity (Wildman–Crippen MR) is 109 cm³/mol. The standard InChI is InChI=1S/C18H28N4OS2/c1-14(2)17-19-8-11-22(17)10-4-7-20-18(24)21-9-12-25-13-16-6-5-15(3)23-16/h5-6,8,11,14H,4,7,9-10,12-13H2,1-3H3,(H2,20,21,24). The molecule has 0 radical (unpaired) electrons. The van der Waals surface area contributed by atoms with Crippen LogP contribution in [-0.4, -0.2) is 33.5 Å². The van der Waals surface area contributed by atoms with E-state index in [4.69, 9.17) is 16.6 Å². The molecule has 138 valence electrons. The van der Waals surface area contributed by atoms with Crippen LogP contribution in [0.4, 0.5) is 0 Å². The molecule has 2 rings (SSSR count). The number of hydrogen-bond acceptors (Lipinski definition) is 4. The van der Waals surface area contributed by atoms with Gasteiger partial charge < -0.3 is 19.6 Å². The topological polar surface area (TPSA) is 55.0 Å². The molecule has 25 heavy (non-hydrogen) atoms. The number of nitrogens with one attached hydrogen (secondary N) is 2. The number of imidazole rings is 1. The summed E-state index contributed by atoms with van der Waals surface area (Å²) in [5.41, 5.74) is 0. The van der Waals surface area contributed by atoms with Gasteiger partial charge in [0.1, 0.15) is 17.3 Å². The van der Waals surface area contributed by atoms with Gasteiger partial charge in [0, 0.05) is 43.7 Å². The first-order valence-corrected chi connectivity index (χ1v) is 10.3. The van der Waals surface area contributed by atoms with Crippen LogP contribution in [0.15, 0.2) is 28.9 Å². The Morgan fingerprint density at radius 2 is 2.12 bits per heavy atom. The van der Waals surface area contributed by atoms with Crippen molar-refractivity contribution in [2.75, 3.05) is 18.8 Å². The van der Waals surface area contributed by atoms with Gasteiger partial charge in [0.25, 0.3) is 0 Å². The van der Waals surface area contributed by atoms with E-state index in [0.717, 1.165) is 60.0 Å². The maximum absolute atomic E-state index is 5.54. The van der Waals surface area contributed by atoms with E-state index in [2.05, 4.69) is 34.0 Å². The molecule has 0 unspecified atom stereocenters. The van der Waals surface area contributed by atoms with E-state index in [0.29, 0.717) is 5.92 Å². The smallest absolute Gasteiger partial charge is 0.166 e. The second-order valence-electron chi connectivity index (χ2n) is 6.23. The lowest BCUT2D eigenvalue weighted by Gasteiger charge is -2.12. The van der Waals surface area contributed by atoms with Gasteiger partial charge in [0.2, 0.25) is 0 Å². The predicted octanol–water partition coefficient (Wildman–Crippen LogP) is 3.70. The van der Waals surface area contributed by atoms with Crippen molar-refractivity contribution in [1.82, 2.24) is 20.2 Å². The number of aromatic nitrogens is 2. The lowest BCUT2D eigenvalue weighted by Crippen LogP contribution is -2.37. The fourth-order valence-electron chi connectivity index (χ4n) is 2.50. The van der Waals surface area contributed by atoms with Gasteiger partial charge in [-0.3, -0.25) is 0 Å². The molecule has 0 aliphatic heterocycles. The van der Waals surface area contributed by atoms with Crippen molar-refractivity contribution in [2.24, 2.45) is 0 Å². The summed E-state index contributed by atoms with van der Waals surface area (Å²) in [6.45, 7) is 8.98. The maximum atomic E-state index is 5.54. The van der Waals surface area contributed by atoms with Gasteiger partial charge >= 0.3 is 0 Å². The molecular weight excluding hydrogens is 352 g/mol. The molecule has 2 N–H and O–H groups in total. The molecule has 0 aliphatic carbocycles. The molecule has 7 heteroatoms. The average molecular weight is 381 g/mol. The van der Waals surface area contributed by atoms with E-state index < -0.39 is 0 Å². The molecule has 0 bridgehead atoms. The molecule has 0 saturated carbocycles. The van der Waals surface area contributed by atoms with Crippen molar-refractivity contribution < 1.29 is 4.42 Å². The number of hydrogen-bond donors (Lipinski definition) is 2. The lowest BCUT2D eigenvalue weighted by atomic mass is 10.2. The zero-order valence-electron chi connectivity index (χ0n) is 15.2. The second-order valence-corrected chi connectivity index (χ2v) is 7.75. The molecule has 2 aromatic rings. The number of furan rings is 1. The molecule has 0 fully saturated rings. The van der Waals surface area contributed by atoms with Crippen LogP contribution in [0, 0.1) is 6.92 Å². The van der Waals surface area contributed by atoms with Crippen molar-refractivity contribution in [3.63, 3.8) is 0 Å². The monoisotopic (exact) mass is 380 g/mol. The Kier molecular flexibility index (Phi) is 8.34. The minimum absolute atomic E-state index is 0.452. The first kappa shape index (κ1) is 19.8. The largest absolute Gasteiger partial charge is 0.466 e. The Labute approximate surface area is 160 Å². The van der Waals surface area contributed by atoms with E-state index in [1.165, 1.54) is 0 Å². The van der Waals surface area contributed by atoms with Gasteiger partial charge in [0.15, 0.2) is 5.11 Å². The Morgan fingerprint density at radius 1 is 1.32 bits per heavy atom. The lowest BCUT2D eigenvalue weighted by molar-refractivity contribution is 0.501. The summed E-state index contributed by atoms with van der Waals surface area (Å²) in [6, 6.07) is 4.04. The summed E-state index contributed by atoms with van der Waals surface area (Å²) < 4.78 is 7.76. The third-order valence-corrected chi connectivity index (χ3v) is 4.97. The van der Waals surface area contributed by atoms with E-state index >= 15 is 0 Å². The third-order valence-electron chi connectivity index (χ3n) is 3.70. The highest BCUT2D eigenvalue weighted by molar-refractivity contribution is 7.98. The van der Waals surface area contributed by atoms with Gasteiger partial charge in [-0.1, -0.05) is 13.8 Å². The van der Waals surface area contributed by atoms with E-state index in [1.807, 2.05) is 43.2 Å². The molecule has 0 aromatic carbocycles. The Hall–Kier alpha value is -1.47. The van der Waals surface area contributed by atoms with Crippen molar-refractivity contribution in [3.05, 3.63) is 41.9 Å². The molecule has 0 aliphatic rings. The van der Waals surface area contributed by atoms with Crippen LogP contribution in [0.3, 0.4) is 0 Å². The van der Waals surface area contributed by atoms with Gasteiger partial charge in [-0.15, -0.1) is 0 Å². The van der Waals surface area contributed by atoms with Crippen LogP contribution in [-0.2, 0) is 12.3 Å². The molecule has 2 heterocycles. The van der Waals surface area contributed by atoms with Crippen molar-refractivity contribution >= 4 is 29.1 Å². The number of thioether (sulfide) groups is 1. The highest BCUT2D eigenvalue weighted by Crippen LogP contribution is 2.14. The average Bonchev–Trinajstić information content (AvgIpc) is 3.20. The van der Waals surface area contributed by atoms with E-state index in [9.17, 15) is 0 Å². The fourth-order valence-corrected chi connectivity index (χ4v) is 3.45.